The molecule has 10 heteroatoms. The van der Waals surface area contributed by atoms with Crippen LogP contribution in [0.1, 0.15) is 35.6 Å². The zero-order chi connectivity index (χ0) is 18.2. The number of imidazole rings is 1. The summed E-state index contributed by atoms with van der Waals surface area (Å²) in [6.07, 6.45) is -3.69. The number of fused-ring (bicyclic) bond motifs is 1. The number of hydrogen-bond donors (Lipinski definition) is 2. The number of carboxylic acids is 1. The van der Waals surface area contributed by atoms with Gasteiger partial charge in [-0.25, -0.2) is 4.98 Å². The Hall–Kier alpha value is -2.29. The Morgan fingerprint density at radius 2 is 2.08 bits per heavy atom. The van der Waals surface area contributed by atoms with Gasteiger partial charge in [-0.1, -0.05) is 18.5 Å². The molecule has 2 heterocycles. The lowest BCUT2D eigenvalue weighted by Crippen LogP contribution is -2.39. The van der Waals surface area contributed by atoms with Crippen LogP contribution in [0.5, 0.6) is 0 Å². The Labute approximate surface area is 139 Å². The van der Waals surface area contributed by atoms with Gasteiger partial charge in [0.25, 0.3) is 5.91 Å². The maximum Gasteiger partial charge on any atom is 0.417 e. The normalized spacial score (nSPS) is 13.1. The molecular formula is C14H13ClF3N3O3. The molecule has 0 radical (unpaired) electrons. The first kappa shape index (κ1) is 18.1. The van der Waals surface area contributed by atoms with Crippen molar-refractivity contribution in [1.29, 1.82) is 0 Å². The van der Waals surface area contributed by atoms with Crippen LogP contribution in [-0.4, -0.2) is 32.4 Å². The number of halogens is 4. The second-order valence-electron chi connectivity index (χ2n) is 5.06. The zero-order valence-electron chi connectivity index (χ0n) is 12.6. The lowest BCUT2D eigenvalue weighted by atomic mass is 10.2. The Kier molecular flexibility index (Phi) is 4.75. The maximum atomic E-state index is 13.0. The first-order valence-electron chi connectivity index (χ1n) is 6.87. The fraction of sp³-hybridized carbons (Fsp3) is 0.357. The van der Waals surface area contributed by atoms with Crippen LogP contribution in [0, 0.1) is 0 Å². The molecule has 0 aliphatic carbocycles. The van der Waals surface area contributed by atoms with E-state index in [-0.39, 0.29) is 28.5 Å². The van der Waals surface area contributed by atoms with Crippen LogP contribution >= 0.6 is 11.6 Å². The van der Waals surface area contributed by atoms with Gasteiger partial charge in [0, 0.05) is 6.20 Å². The highest BCUT2D eigenvalue weighted by molar-refractivity contribution is 6.33. The second kappa shape index (κ2) is 6.31. The zero-order valence-corrected chi connectivity index (χ0v) is 13.4. The molecule has 6 nitrogen and oxygen atoms in total. The summed E-state index contributed by atoms with van der Waals surface area (Å²) in [5.74, 6) is -2.12. The topological polar surface area (TPSA) is 83.7 Å². The van der Waals surface area contributed by atoms with E-state index in [1.165, 1.54) is 6.92 Å². The van der Waals surface area contributed by atoms with Gasteiger partial charge >= 0.3 is 12.1 Å². The minimum Gasteiger partial charge on any atom is -0.480 e. The van der Waals surface area contributed by atoms with Crippen molar-refractivity contribution in [1.82, 2.24) is 14.7 Å². The summed E-state index contributed by atoms with van der Waals surface area (Å²) in [4.78, 5) is 27.3. The molecule has 0 aliphatic heterocycles. The summed E-state index contributed by atoms with van der Waals surface area (Å²) in [6.45, 7) is 2.90. The van der Waals surface area contributed by atoms with E-state index in [2.05, 4.69) is 10.3 Å². The molecule has 0 saturated heterocycles. The number of nitrogens with one attached hydrogen (secondary N) is 1. The predicted molar refractivity (Wildman–Crippen MR) is 79.1 cm³/mol. The number of amides is 1. The number of nitrogens with zero attached hydrogens (tertiary/aromatic N) is 2. The van der Waals surface area contributed by atoms with Gasteiger partial charge in [0.1, 0.15) is 11.7 Å². The van der Waals surface area contributed by atoms with Gasteiger partial charge in [-0.15, -0.1) is 0 Å². The van der Waals surface area contributed by atoms with E-state index in [1.54, 1.807) is 6.92 Å². The molecule has 0 aliphatic rings. The van der Waals surface area contributed by atoms with Crippen molar-refractivity contribution >= 4 is 29.1 Å². The highest BCUT2D eigenvalue weighted by atomic mass is 35.5. The summed E-state index contributed by atoms with van der Waals surface area (Å²) in [5, 5.41) is 10.8. The molecule has 1 unspecified atom stereocenters. The van der Waals surface area contributed by atoms with E-state index in [1.807, 2.05) is 0 Å². The molecule has 1 amide bonds. The number of pyridine rings is 1. The molecule has 2 rings (SSSR count). The Balaban J connectivity index is 2.65. The van der Waals surface area contributed by atoms with Crippen LogP contribution in [0.3, 0.4) is 0 Å². The van der Waals surface area contributed by atoms with Gasteiger partial charge in [-0.05, 0) is 19.4 Å². The van der Waals surface area contributed by atoms with E-state index in [4.69, 9.17) is 16.7 Å². The molecular weight excluding hydrogens is 351 g/mol. The summed E-state index contributed by atoms with van der Waals surface area (Å²) < 4.78 is 39.8. The molecule has 0 bridgehead atoms. The Morgan fingerprint density at radius 1 is 1.46 bits per heavy atom. The standard InChI is InChI=1S/C14H13ClF3N3O3/c1-3-9-10(12(22)19-6(2)13(23)24)21-5-7(14(16,17)18)4-8(15)11(21)20-9/h4-6H,3H2,1-2H3,(H,19,22)(H,23,24). The summed E-state index contributed by atoms with van der Waals surface area (Å²) in [6, 6.07) is -0.487. The molecule has 2 aromatic heterocycles. The van der Waals surface area contributed by atoms with E-state index in [0.717, 1.165) is 10.5 Å². The van der Waals surface area contributed by atoms with Gasteiger partial charge in [0.15, 0.2) is 5.65 Å². The van der Waals surface area contributed by atoms with Crippen molar-refractivity contribution in [3.05, 3.63) is 34.2 Å². The lowest BCUT2D eigenvalue weighted by Gasteiger charge is -2.12. The summed E-state index contributed by atoms with van der Waals surface area (Å²) in [5.41, 5.74) is -1.00. The monoisotopic (exact) mass is 363 g/mol. The van der Waals surface area contributed by atoms with Crippen LogP contribution in [0.2, 0.25) is 5.02 Å². The minimum absolute atomic E-state index is 0.00496. The third-order valence-electron chi connectivity index (χ3n) is 3.34. The maximum absolute atomic E-state index is 13.0. The fourth-order valence-corrected chi connectivity index (χ4v) is 2.37. The molecule has 0 aromatic carbocycles. The predicted octanol–water partition coefficient (Wildman–Crippen LogP) is 2.77. The van der Waals surface area contributed by atoms with Gasteiger partial charge in [0.2, 0.25) is 0 Å². The number of aromatic nitrogens is 2. The first-order valence-corrected chi connectivity index (χ1v) is 7.25. The van der Waals surface area contributed by atoms with E-state index in [0.29, 0.717) is 6.20 Å². The second-order valence-corrected chi connectivity index (χ2v) is 5.47. The average Bonchev–Trinajstić information content (AvgIpc) is 2.85. The van der Waals surface area contributed by atoms with Crippen LogP contribution in [0.25, 0.3) is 5.65 Å². The van der Waals surface area contributed by atoms with Crippen molar-refractivity contribution in [2.24, 2.45) is 0 Å². The van der Waals surface area contributed by atoms with Crippen LogP contribution < -0.4 is 5.32 Å². The van der Waals surface area contributed by atoms with Gasteiger partial charge in [-0.2, -0.15) is 13.2 Å². The number of alkyl halides is 3. The number of carboxylic acid groups (broad SMARTS) is 1. The van der Waals surface area contributed by atoms with Crippen molar-refractivity contribution in [3.63, 3.8) is 0 Å². The van der Waals surface area contributed by atoms with Crippen molar-refractivity contribution < 1.29 is 27.9 Å². The number of carbonyl (C=O) groups excluding carboxylic acids is 1. The first-order chi connectivity index (χ1) is 11.1. The van der Waals surface area contributed by atoms with Crippen molar-refractivity contribution in [2.75, 3.05) is 0 Å². The highest BCUT2D eigenvalue weighted by Crippen LogP contribution is 2.33. The van der Waals surface area contributed by atoms with E-state index >= 15 is 0 Å². The molecule has 2 aromatic rings. The molecule has 0 spiro atoms. The minimum atomic E-state index is -4.66. The SMILES string of the molecule is CCc1nc2c(Cl)cc(C(F)(F)F)cn2c1C(=O)NC(C)C(=O)O. The van der Waals surface area contributed by atoms with Crippen LogP contribution in [0.4, 0.5) is 13.2 Å². The van der Waals surface area contributed by atoms with Crippen molar-refractivity contribution in [3.8, 4) is 0 Å². The number of aliphatic carboxylic acids is 1. The van der Waals surface area contributed by atoms with Gasteiger partial charge in [-0.3, -0.25) is 14.0 Å². The summed E-state index contributed by atoms with van der Waals surface area (Å²) in [7, 11) is 0. The molecule has 130 valence electrons. The average molecular weight is 364 g/mol. The van der Waals surface area contributed by atoms with Gasteiger partial charge in [0.05, 0.1) is 16.3 Å². The molecule has 1 atom stereocenters. The third kappa shape index (κ3) is 3.30. The van der Waals surface area contributed by atoms with Crippen LogP contribution in [-0.2, 0) is 17.4 Å². The van der Waals surface area contributed by atoms with Gasteiger partial charge < -0.3 is 10.4 Å². The number of aryl methyl sites for hydroxylation is 1. The molecule has 0 saturated carbocycles. The van der Waals surface area contributed by atoms with E-state index < -0.39 is 29.7 Å². The lowest BCUT2D eigenvalue weighted by molar-refractivity contribution is -0.139. The summed E-state index contributed by atoms with van der Waals surface area (Å²) >= 11 is 5.86. The molecule has 2 N–H and O–H groups in total. The number of rotatable bonds is 4. The fourth-order valence-electron chi connectivity index (χ4n) is 2.12. The number of carbonyl (C=O) groups is 2. The third-order valence-corrected chi connectivity index (χ3v) is 3.62. The molecule has 24 heavy (non-hydrogen) atoms. The smallest absolute Gasteiger partial charge is 0.417 e. The van der Waals surface area contributed by atoms with E-state index in [9.17, 15) is 22.8 Å². The quantitative estimate of drug-likeness (QED) is 0.875. The highest BCUT2D eigenvalue weighted by Gasteiger charge is 2.33. The molecule has 0 fully saturated rings. The Bertz CT molecular complexity index is 817. The van der Waals surface area contributed by atoms with Crippen molar-refractivity contribution in [2.45, 2.75) is 32.5 Å². The Morgan fingerprint density at radius 3 is 2.58 bits per heavy atom. The largest absolute Gasteiger partial charge is 0.480 e. The van der Waals surface area contributed by atoms with Crippen LogP contribution in [0.15, 0.2) is 12.3 Å². The number of hydrogen-bond acceptors (Lipinski definition) is 3.